The number of hydrazine groups is 1. The van der Waals surface area contributed by atoms with Gasteiger partial charge >= 0.3 is 0 Å². The van der Waals surface area contributed by atoms with Crippen LogP contribution in [0, 0.1) is 19.8 Å². The Kier molecular flexibility index (Phi) is 4.71. The molecule has 2 rings (SSSR count). The van der Waals surface area contributed by atoms with Crippen molar-refractivity contribution in [2.24, 2.45) is 5.92 Å². The molecule has 3 heteroatoms. The van der Waals surface area contributed by atoms with Gasteiger partial charge in [-0.1, -0.05) is 30.7 Å². The van der Waals surface area contributed by atoms with Gasteiger partial charge in [0.25, 0.3) is 0 Å². The lowest BCUT2D eigenvalue weighted by atomic mass is 10.0. The summed E-state index contributed by atoms with van der Waals surface area (Å²) in [6.07, 6.45) is 3.78. The number of allylic oxidation sites excluding steroid dienone is 1. The lowest BCUT2D eigenvalue weighted by Gasteiger charge is -2.37. The van der Waals surface area contributed by atoms with E-state index in [2.05, 4.69) is 74.6 Å². The van der Waals surface area contributed by atoms with Crippen LogP contribution < -0.4 is 10.7 Å². The molecule has 0 saturated heterocycles. The molecule has 0 aromatic heterocycles. The van der Waals surface area contributed by atoms with Gasteiger partial charge in [-0.25, -0.2) is 5.01 Å². The number of rotatable bonds is 4. The minimum Gasteiger partial charge on any atom is -0.368 e. The maximum Gasteiger partial charge on any atom is 0.0940 e. The molecule has 3 nitrogen and oxygen atoms in total. The number of benzene rings is 1. The summed E-state index contributed by atoms with van der Waals surface area (Å²) in [5.74, 6) is 0.639. The van der Waals surface area contributed by atoms with Crippen LogP contribution in [0.1, 0.15) is 38.3 Å². The Labute approximate surface area is 123 Å². The van der Waals surface area contributed by atoms with Gasteiger partial charge in [0.15, 0.2) is 0 Å². The molecule has 2 unspecified atom stereocenters. The molecule has 1 aliphatic rings. The number of hydrogen-bond acceptors (Lipinski definition) is 3. The first-order valence-corrected chi connectivity index (χ1v) is 7.55. The molecule has 0 aliphatic carbocycles. The van der Waals surface area contributed by atoms with Gasteiger partial charge in [0, 0.05) is 17.9 Å². The van der Waals surface area contributed by atoms with Crippen LogP contribution in [-0.4, -0.2) is 17.7 Å². The van der Waals surface area contributed by atoms with Gasteiger partial charge in [-0.2, -0.15) is 0 Å². The second-order valence-corrected chi connectivity index (χ2v) is 5.92. The van der Waals surface area contributed by atoms with Gasteiger partial charge in [-0.05, 0) is 51.7 Å². The highest BCUT2D eigenvalue weighted by Gasteiger charge is 2.21. The zero-order valence-corrected chi connectivity index (χ0v) is 13.3. The zero-order chi connectivity index (χ0) is 14.7. The molecule has 0 radical (unpaired) electrons. The lowest BCUT2D eigenvalue weighted by molar-refractivity contribution is 0.136. The summed E-state index contributed by atoms with van der Waals surface area (Å²) < 4.78 is 0. The van der Waals surface area contributed by atoms with E-state index in [1.165, 1.54) is 28.9 Å². The number of nitrogens with one attached hydrogen (secondary N) is 2. The van der Waals surface area contributed by atoms with E-state index in [9.17, 15) is 0 Å². The van der Waals surface area contributed by atoms with Gasteiger partial charge in [0.05, 0.1) is 6.17 Å². The van der Waals surface area contributed by atoms with E-state index in [0.717, 1.165) is 6.54 Å². The molecule has 0 bridgehead atoms. The topological polar surface area (TPSA) is 27.3 Å². The molecular formula is C17H27N3. The predicted molar refractivity (Wildman–Crippen MR) is 86.4 cm³/mol. The predicted octanol–water partition coefficient (Wildman–Crippen LogP) is 3.81. The quantitative estimate of drug-likeness (QED) is 0.873. The third-order valence-corrected chi connectivity index (χ3v) is 3.98. The Bertz CT molecular complexity index is 493. The average molecular weight is 273 g/mol. The molecule has 0 spiro atoms. The van der Waals surface area contributed by atoms with Gasteiger partial charge < -0.3 is 10.7 Å². The highest BCUT2D eigenvalue weighted by Crippen LogP contribution is 2.20. The summed E-state index contributed by atoms with van der Waals surface area (Å²) in [6, 6.07) is 6.55. The smallest absolute Gasteiger partial charge is 0.0940 e. The molecule has 0 amide bonds. The molecule has 2 atom stereocenters. The Morgan fingerprint density at radius 1 is 1.35 bits per heavy atom. The minimum absolute atomic E-state index is 0.258. The summed E-state index contributed by atoms with van der Waals surface area (Å²) in [7, 11) is 0. The summed E-state index contributed by atoms with van der Waals surface area (Å²) in [4.78, 5) is 0. The van der Waals surface area contributed by atoms with E-state index in [1.807, 2.05) is 0 Å². The van der Waals surface area contributed by atoms with Crippen molar-refractivity contribution < 1.29 is 0 Å². The lowest BCUT2D eigenvalue weighted by Crippen LogP contribution is -2.51. The monoisotopic (exact) mass is 273 g/mol. The highest BCUT2D eigenvalue weighted by molar-refractivity contribution is 5.52. The van der Waals surface area contributed by atoms with Gasteiger partial charge in [-0.15, -0.1) is 0 Å². The maximum atomic E-state index is 3.61. The molecule has 0 saturated carbocycles. The van der Waals surface area contributed by atoms with Gasteiger partial charge in [0.2, 0.25) is 0 Å². The third-order valence-electron chi connectivity index (χ3n) is 3.98. The number of nitrogens with zero attached hydrogens (tertiary/aromatic N) is 1. The van der Waals surface area contributed by atoms with Gasteiger partial charge in [0.1, 0.15) is 0 Å². The first-order valence-electron chi connectivity index (χ1n) is 7.55. The van der Waals surface area contributed by atoms with Crippen LogP contribution in [0.25, 0.3) is 0 Å². The second-order valence-electron chi connectivity index (χ2n) is 5.92. The van der Waals surface area contributed by atoms with Crippen LogP contribution in [0.15, 0.2) is 30.0 Å². The molecule has 1 aromatic rings. The van der Waals surface area contributed by atoms with Crippen molar-refractivity contribution in [3.8, 4) is 0 Å². The fourth-order valence-electron chi connectivity index (χ4n) is 2.75. The number of hydrogen-bond donors (Lipinski definition) is 2. The molecule has 110 valence electrons. The average Bonchev–Trinajstić information content (AvgIpc) is 2.41. The zero-order valence-electron chi connectivity index (χ0n) is 13.3. The van der Waals surface area contributed by atoms with Crippen molar-refractivity contribution in [2.45, 2.75) is 47.2 Å². The Balaban J connectivity index is 2.05. The van der Waals surface area contributed by atoms with Crippen LogP contribution in [0.5, 0.6) is 0 Å². The molecule has 1 aliphatic heterocycles. The molecule has 0 fully saturated rings. The van der Waals surface area contributed by atoms with Crippen molar-refractivity contribution in [1.29, 1.82) is 0 Å². The van der Waals surface area contributed by atoms with Crippen LogP contribution >= 0.6 is 0 Å². The van der Waals surface area contributed by atoms with Crippen LogP contribution in [0.2, 0.25) is 0 Å². The fourth-order valence-corrected chi connectivity index (χ4v) is 2.75. The van der Waals surface area contributed by atoms with E-state index in [0.29, 0.717) is 5.92 Å². The van der Waals surface area contributed by atoms with Crippen LogP contribution in [0.3, 0.4) is 0 Å². The summed E-state index contributed by atoms with van der Waals surface area (Å²) >= 11 is 0. The molecule has 1 aromatic carbocycles. The van der Waals surface area contributed by atoms with E-state index in [-0.39, 0.29) is 6.17 Å². The van der Waals surface area contributed by atoms with Crippen molar-refractivity contribution in [2.75, 3.05) is 11.9 Å². The fraction of sp³-hybridized carbons (Fsp3) is 0.529. The normalized spacial score (nSPS) is 21.1. The number of aryl methyl sites for hydroxylation is 2. The highest BCUT2D eigenvalue weighted by atomic mass is 15.6. The molecule has 20 heavy (non-hydrogen) atoms. The number of anilines is 1. The molecule has 2 N–H and O–H groups in total. The molecular weight excluding hydrogens is 246 g/mol. The first-order chi connectivity index (χ1) is 9.49. The van der Waals surface area contributed by atoms with Crippen LogP contribution in [0.4, 0.5) is 5.69 Å². The van der Waals surface area contributed by atoms with Crippen molar-refractivity contribution in [1.82, 2.24) is 10.4 Å². The summed E-state index contributed by atoms with van der Waals surface area (Å²) in [5.41, 5.74) is 8.53. The van der Waals surface area contributed by atoms with E-state index in [4.69, 9.17) is 0 Å². The molecule has 1 heterocycles. The minimum atomic E-state index is 0.258. The second kappa shape index (κ2) is 6.31. The van der Waals surface area contributed by atoms with Crippen molar-refractivity contribution >= 4 is 5.69 Å². The Morgan fingerprint density at radius 2 is 2.10 bits per heavy atom. The first kappa shape index (κ1) is 14.9. The van der Waals surface area contributed by atoms with Crippen LogP contribution in [-0.2, 0) is 0 Å². The Hall–Kier alpha value is -1.48. The summed E-state index contributed by atoms with van der Waals surface area (Å²) in [6.45, 7) is 11.9. The van der Waals surface area contributed by atoms with E-state index in [1.54, 1.807) is 0 Å². The van der Waals surface area contributed by atoms with Crippen molar-refractivity contribution in [3.63, 3.8) is 0 Å². The largest absolute Gasteiger partial charge is 0.368 e. The van der Waals surface area contributed by atoms with E-state index < -0.39 is 0 Å². The SMILES string of the molecule is CCC1C=C(C)NN(C(C)Nc2ccc(C)cc2C)C1. The summed E-state index contributed by atoms with van der Waals surface area (Å²) in [5, 5.41) is 5.90. The third kappa shape index (κ3) is 3.54. The maximum absolute atomic E-state index is 3.61. The van der Waals surface area contributed by atoms with Gasteiger partial charge in [-0.3, -0.25) is 0 Å². The Morgan fingerprint density at radius 3 is 2.75 bits per heavy atom. The van der Waals surface area contributed by atoms with E-state index >= 15 is 0 Å². The standard InChI is InChI=1S/C17H27N3/c1-6-16-10-14(4)19-20(11-16)15(5)18-17-8-7-12(2)9-13(17)3/h7-10,15-16,18-19H,6,11H2,1-5H3. The van der Waals surface area contributed by atoms with Crippen molar-refractivity contribution in [3.05, 3.63) is 41.1 Å².